The van der Waals surface area contributed by atoms with Crippen molar-refractivity contribution in [2.24, 2.45) is 0 Å². The maximum Gasteiger partial charge on any atom is 0.315 e. The van der Waals surface area contributed by atoms with Gasteiger partial charge in [0, 0.05) is 19.0 Å². The van der Waals surface area contributed by atoms with Crippen LogP contribution in [0.4, 0.5) is 4.39 Å². The van der Waals surface area contributed by atoms with Crippen LogP contribution in [0.2, 0.25) is 0 Å². The van der Waals surface area contributed by atoms with E-state index in [4.69, 9.17) is 4.74 Å². The molecule has 0 fully saturated rings. The lowest BCUT2D eigenvalue weighted by Crippen LogP contribution is -2.44. The minimum absolute atomic E-state index is 0.00403. The molecule has 2 rings (SSSR count). The van der Waals surface area contributed by atoms with Crippen molar-refractivity contribution in [3.8, 4) is 5.75 Å². The van der Waals surface area contributed by atoms with Crippen LogP contribution in [0.1, 0.15) is 25.3 Å². The maximum absolute atomic E-state index is 13.0. The number of carbonyl (C=O) groups is 2. The van der Waals surface area contributed by atoms with E-state index in [1.54, 1.807) is 43.3 Å². The number of amides is 1. The molecule has 2 aromatic rings. The topological polar surface area (TPSA) is 75.6 Å². The number of aliphatic carboxylic acids is 1. The SMILES string of the molecule is CC(CNC(=O)CCCOc1cccc(F)c1)(C(=O)O)c1ccccc1. The zero-order valence-electron chi connectivity index (χ0n) is 14.6. The summed E-state index contributed by atoms with van der Waals surface area (Å²) >= 11 is 0. The van der Waals surface area contributed by atoms with E-state index in [0.717, 1.165) is 0 Å². The van der Waals surface area contributed by atoms with Gasteiger partial charge in [-0.2, -0.15) is 0 Å². The molecule has 0 saturated heterocycles. The Labute approximate surface area is 151 Å². The highest BCUT2D eigenvalue weighted by Crippen LogP contribution is 2.23. The molecule has 1 atom stereocenters. The van der Waals surface area contributed by atoms with Gasteiger partial charge >= 0.3 is 5.97 Å². The summed E-state index contributed by atoms with van der Waals surface area (Å²) in [6, 6.07) is 14.6. The van der Waals surface area contributed by atoms with Gasteiger partial charge in [-0.1, -0.05) is 36.4 Å². The Morgan fingerprint density at radius 3 is 2.54 bits per heavy atom. The smallest absolute Gasteiger partial charge is 0.315 e. The fourth-order valence-corrected chi connectivity index (χ4v) is 2.45. The lowest BCUT2D eigenvalue weighted by molar-refractivity contribution is -0.143. The molecule has 2 N–H and O–H groups in total. The van der Waals surface area contributed by atoms with Gasteiger partial charge in [0.1, 0.15) is 17.0 Å². The maximum atomic E-state index is 13.0. The van der Waals surface area contributed by atoms with Crippen molar-refractivity contribution in [3.05, 3.63) is 66.0 Å². The van der Waals surface area contributed by atoms with E-state index < -0.39 is 11.4 Å². The van der Waals surface area contributed by atoms with Gasteiger partial charge in [-0.15, -0.1) is 0 Å². The average molecular weight is 359 g/mol. The first kappa shape index (κ1) is 19.4. The standard InChI is InChI=1S/C20H22FNO4/c1-20(19(24)25,15-7-3-2-4-8-15)14-22-18(23)11-6-12-26-17-10-5-9-16(21)13-17/h2-5,7-10,13H,6,11-12,14H2,1H3,(H,22,23)(H,24,25). The van der Waals surface area contributed by atoms with Crippen LogP contribution in [0.3, 0.4) is 0 Å². The average Bonchev–Trinajstić information content (AvgIpc) is 2.64. The zero-order valence-corrected chi connectivity index (χ0v) is 14.6. The van der Waals surface area contributed by atoms with Crippen LogP contribution in [0.15, 0.2) is 54.6 Å². The monoisotopic (exact) mass is 359 g/mol. The molecule has 5 nitrogen and oxygen atoms in total. The van der Waals surface area contributed by atoms with Gasteiger partial charge in [0.2, 0.25) is 5.91 Å². The third kappa shape index (κ3) is 5.31. The van der Waals surface area contributed by atoms with Gasteiger partial charge in [-0.05, 0) is 31.0 Å². The molecule has 0 saturated carbocycles. The summed E-state index contributed by atoms with van der Waals surface area (Å²) in [5, 5.41) is 12.2. The second kappa shape index (κ2) is 8.99. The molecule has 2 aromatic carbocycles. The highest BCUT2D eigenvalue weighted by molar-refractivity contribution is 5.83. The normalized spacial score (nSPS) is 12.8. The Morgan fingerprint density at radius 2 is 1.88 bits per heavy atom. The number of halogens is 1. The summed E-state index contributed by atoms with van der Waals surface area (Å²) in [6.07, 6.45) is 0.636. The molecule has 0 aliphatic rings. The fourth-order valence-electron chi connectivity index (χ4n) is 2.45. The summed E-state index contributed by atoms with van der Waals surface area (Å²) in [4.78, 5) is 23.7. The Hall–Kier alpha value is -2.89. The van der Waals surface area contributed by atoms with Gasteiger partial charge in [0.15, 0.2) is 0 Å². The molecule has 0 heterocycles. The van der Waals surface area contributed by atoms with Crippen molar-refractivity contribution in [1.29, 1.82) is 0 Å². The Kier molecular flexibility index (Phi) is 6.72. The second-order valence-corrected chi connectivity index (χ2v) is 6.19. The van der Waals surface area contributed by atoms with Gasteiger partial charge in [0.05, 0.1) is 6.61 Å². The number of benzene rings is 2. The van der Waals surface area contributed by atoms with Crippen molar-refractivity contribution >= 4 is 11.9 Å². The van der Waals surface area contributed by atoms with Crippen molar-refractivity contribution in [2.45, 2.75) is 25.2 Å². The summed E-state index contributed by atoms with van der Waals surface area (Å²) in [5.41, 5.74) is -0.572. The third-order valence-electron chi connectivity index (χ3n) is 4.14. The molecule has 0 radical (unpaired) electrons. The van der Waals surface area contributed by atoms with Gasteiger partial charge in [-0.3, -0.25) is 9.59 Å². The molecule has 26 heavy (non-hydrogen) atoms. The van der Waals surface area contributed by atoms with Crippen molar-refractivity contribution in [1.82, 2.24) is 5.32 Å². The van der Waals surface area contributed by atoms with Crippen molar-refractivity contribution in [2.75, 3.05) is 13.2 Å². The Morgan fingerprint density at radius 1 is 1.15 bits per heavy atom. The molecule has 0 bridgehead atoms. The van der Waals surface area contributed by atoms with E-state index in [2.05, 4.69) is 5.32 Å². The molecule has 1 amide bonds. The van der Waals surface area contributed by atoms with Crippen LogP contribution in [0, 0.1) is 5.82 Å². The van der Waals surface area contributed by atoms with Gasteiger partial charge in [0.25, 0.3) is 0 Å². The molecule has 0 aromatic heterocycles. The van der Waals surface area contributed by atoms with Crippen molar-refractivity contribution in [3.63, 3.8) is 0 Å². The van der Waals surface area contributed by atoms with E-state index in [-0.39, 0.29) is 31.3 Å². The minimum atomic E-state index is -1.20. The molecular weight excluding hydrogens is 337 g/mol. The molecular formula is C20H22FNO4. The molecule has 0 aliphatic heterocycles. The van der Waals surface area contributed by atoms with Crippen LogP contribution in [0.25, 0.3) is 0 Å². The van der Waals surface area contributed by atoms with E-state index in [1.165, 1.54) is 12.1 Å². The van der Waals surface area contributed by atoms with E-state index in [1.807, 2.05) is 6.07 Å². The summed E-state index contributed by atoms with van der Waals surface area (Å²) in [6.45, 7) is 1.85. The highest BCUT2D eigenvalue weighted by atomic mass is 19.1. The van der Waals surface area contributed by atoms with E-state index in [9.17, 15) is 19.1 Å². The number of hydrogen-bond donors (Lipinski definition) is 2. The Balaban J connectivity index is 1.79. The highest BCUT2D eigenvalue weighted by Gasteiger charge is 2.35. The predicted octanol–water partition coefficient (Wildman–Crippen LogP) is 3.14. The molecule has 0 aliphatic carbocycles. The molecule has 0 spiro atoms. The second-order valence-electron chi connectivity index (χ2n) is 6.19. The number of rotatable bonds is 9. The quantitative estimate of drug-likeness (QED) is 0.675. The zero-order chi connectivity index (χ0) is 19.0. The molecule has 1 unspecified atom stereocenters. The molecule has 138 valence electrons. The first-order chi connectivity index (χ1) is 12.4. The van der Waals surface area contributed by atoms with Crippen LogP contribution >= 0.6 is 0 Å². The number of carboxylic acid groups (broad SMARTS) is 1. The Bertz CT molecular complexity index is 750. The number of carboxylic acids is 1. The van der Waals surface area contributed by atoms with Crippen LogP contribution < -0.4 is 10.1 Å². The van der Waals surface area contributed by atoms with E-state index in [0.29, 0.717) is 17.7 Å². The minimum Gasteiger partial charge on any atom is -0.493 e. The lowest BCUT2D eigenvalue weighted by atomic mass is 9.82. The third-order valence-corrected chi connectivity index (χ3v) is 4.14. The van der Waals surface area contributed by atoms with Crippen LogP contribution in [0.5, 0.6) is 5.75 Å². The number of carbonyl (C=O) groups excluding carboxylic acids is 1. The number of nitrogens with one attached hydrogen (secondary N) is 1. The summed E-state index contributed by atoms with van der Waals surface area (Å²) in [5.74, 6) is -1.23. The fraction of sp³-hybridized carbons (Fsp3) is 0.300. The molecule has 6 heteroatoms. The summed E-state index contributed by atoms with van der Waals surface area (Å²) < 4.78 is 18.4. The largest absolute Gasteiger partial charge is 0.493 e. The first-order valence-corrected chi connectivity index (χ1v) is 8.36. The number of ether oxygens (including phenoxy) is 1. The lowest BCUT2D eigenvalue weighted by Gasteiger charge is -2.25. The predicted molar refractivity (Wildman–Crippen MR) is 95.6 cm³/mol. The first-order valence-electron chi connectivity index (χ1n) is 8.36. The summed E-state index contributed by atoms with van der Waals surface area (Å²) in [7, 11) is 0. The van der Waals surface area contributed by atoms with Gasteiger partial charge in [-0.25, -0.2) is 4.39 Å². The number of hydrogen-bond acceptors (Lipinski definition) is 3. The van der Waals surface area contributed by atoms with Crippen LogP contribution in [-0.2, 0) is 15.0 Å². The van der Waals surface area contributed by atoms with Gasteiger partial charge < -0.3 is 15.2 Å². The van der Waals surface area contributed by atoms with Crippen molar-refractivity contribution < 1.29 is 23.8 Å². The van der Waals surface area contributed by atoms with E-state index >= 15 is 0 Å². The van der Waals surface area contributed by atoms with Crippen LogP contribution in [-0.4, -0.2) is 30.1 Å².